The number of hydrogen-bond donors (Lipinski definition) is 1. The van der Waals surface area contributed by atoms with Gasteiger partial charge in [0.05, 0.1) is 6.61 Å². The summed E-state index contributed by atoms with van der Waals surface area (Å²) < 4.78 is 5.51. The van der Waals surface area contributed by atoms with Gasteiger partial charge < -0.3 is 10.1 Å². The monoisotopic (exact) mass is 303 g/mol. The molecule has 112 valence electrons. The van der Waals surface area contributed by atoms with Crippen LogP contribution in [0.2, 0.25) is 5.02 Å². The molecule has 0 heterocycles. The van der Waals surface area contributed by atoms with Crippen LogP contribution in [-0.2, 0) is 6.42 Å². The highest BCUT2D eigenvalue weighted by molar-refractivity contribution is 6.30. The fraction of sp³-hybridized carbons (Fsp3) is 0.333. The van der Waals surface area contributed by atoms with Crippen LogP contribution < -0.4 is 10.1 Å². The Morgan fingerprint density at radius 1 is 1.14 bits per heavy atom. The molecule has 0 radical (unpaired) electrons. The normalized spacial score (nSPS) is 12.0. The van der Waals surface area contributed by atoms with E-state index in [9.17, 15) is 0 Å². The Kier molecular flexibility index (Phi) is 5.51. The van der Waals surface area contributed by atoms with Gasteiger partial charge in [-0.1, -0.05) is 23.7 Å². The topological polar surface area (TPSA) is 21.3 Å². The van der Waals surface area contributed by atoms with Crippen molar-refractivity contribution in [1.29, 1.82) is 0 Å². The molecule has 0 aliphatic rings. The van der Waals surface area contributed by atoms with E-state index in [-0.39, 0.29) is 0 Å². The zero-order valence-corrected chi connectivity index (χ0v) is 13.6. The standard InChI is InChI=1S/C18H22ClNO/c1-4-21-17-9-10-18(13(2)11-17)20-14(3)12-15-5-7-16(19)8-6-15/h5-11,14,20H,4,12H2,1-3H3. The van der Waals surface area contributed by atoms with Gasteiger partial charge in [0, 0.05) is 16.8 Å². The van der Waals surface area contributed by atoms with Gasteiger partial charge in [-0.25, -0.2) is 0 Å². The first-order valence-electron chi connectivity index (χ1n) is 7.33. The van der Waals surface area contributed by atoms with Crippen LogP contribution in [0.25, 0.3) is 0 Å². The van der Waals surface area contributed by atoms with Gasteiger partial charge in [0.1, 0.15) is 5.75 Å². The number of nitrogens with one attached hydrogen (secondary N) is 1. The SMILES string of the molecule is CCOc1ccc(NC(C)Cc2ccc(Cl)cc2)c(C)c1. The molecule has 3 heteroatoms. The van der Waals surface area contributed by atoms with E-state index in [1.807, 2.05) is 25.1 Å². The summed E-state index contributed by atoms with van der Waals surface area (Å²) in [7, 11) is 0. The molecule has 0 aliphatic heterocycles. The third-order valence-corrected chi connectivity index (χ3v) is 3.62. The number of benzene rings is 2. The molecule has 2 nitrogen and oxygen atoms in total. The Balaban J connectivity index is 1.98. The lowest BCUT2D eigenvalue weighted by molar-refractivity contribution is 0.340. The number of ether oxygens (including phenoxy) is 1. The van der Waals surface area contributed by atoms with Crippen molar-refractivity contribution in [3.63, 3.8) is 0 Å². The van der Waals surface area contributed by atoms with Crippen molar-refractivity contribution in [2.45, 2.75) is 33.2 Å². The molecule has 0 amide bonds. The highest BCUT2D eigenvalue weighted by atomic mass is 35.5. The van der Waals surface area contributed by atoms with E-state index >= 15 is 0 Å². The van der Waals surface area contributed by atoms with E-state index in [2.05, 4.69) is 43.4 Å². The molecule has 0 aliphatic carbocycles. The van der Waals surface area contributed by atoms with Crippen LogP contribution in [0.5, 0.6) is 5.75 Å². The first kappa shape index (κ1) is 15.7. The minimum Gasteiger partial charge on any atom is -0.494 e. The van der Waals surface area contributed by atoms with Crippen molar-refractivity contribution in [2.24, 2.45) is 0 Å². The van der Waals surface area contributed by atoms with Crippen LogP contribution in [0.15, 0.2) is 42.5 Å². The summed E-state index contributed by atoms with van der Waals surface area (Å²) in [5, 5.41) is 4.33. The zero-order valence-electron chi connectivity index (χ0n) is 12.8. The summed E-state index contributed by atoms with van der Waals surface area (Å²) in [6, 6.07) is 14.5. The lowest BCUT2D eigenvalue weighted by Crippen LogP contribution is -2.18. The highest BCUT2D eigenvalue weighted by Gasteiger charge is 2.06. The second-order valence-corrected chi connectivity index (χ2v) is 5.72. The molecular weight excluding hydrogens is 282 g/mol. The van der Waals surface area contributed by atoms with Gasteiger partial charge in [0.15, 0.2) is 0 Å². The highest BCUT2D eigenvalue weighted by Crippen LogP contribution is 2.22. The van der Waals surface area contributed by atoms with Gasteiger partial charge in [-0.05, 0) is 68.7 Å². The quantitative estimate of drug-likeness (QED) is 0.802. The molecule has 0 saturated carbocycles. The average molecular weight is 304 g/mol. The second kappa shape index (κ2) is 7.37. The average Bonchev–Trinajstić information content (AvgIpc) is 2.45. The smallest absolute Gasteiger partial charge is 0.119 e. The van der Waals surface area contributed by atoms with E-state index in [1.165, 1.54) is 11.1 Å². The largest absolute Gasteiger partial charge is 0.494 e. The first-order chi connectivity index (χ1) is 10.1. The lowest BCUT2D eigenvalue weighted by atomic mass is 10.1. The maximum atomic E-state index is 5.91. The van der Waals surface area contributed by atoms with Crippen LogP contribution in [-0.4, -0.2) is 12.6 Å². The van der Waals surface area contributed by atoms with Gasteiger partial charge in [-0.3, -0.25) is 0 Å². The summed E-state index contributed by atoms with van der Waals surface area (Å²) in [6.07, 6.45) is 0.962. The molecule has 0 spiro atoms. The zero-order chi connectivity index (χ0) is 15.2. The molecule has 2 aromatic carbocycles. The maximum Gasteiger partial charge on any atom is 0.119 e. The van der Waals surface area contributed by atoms with Crippen molar-refractivity contribution in [2.75, 3.05) is 11.9 Å². The summed E-state index contributed by atoms with van der Waals surface area (Å²) in [4.78, 5) is 0. The number of halogens is 1. The summed E-state index contributed by atoms with van der Waals surface area (Å²) in [5.74, 6) is 0.922. The minimum atomic E-state index is 0.350. The molecule has 0 saturated heterocycles. The molecule has 2 aromatic rings. The van der Waals surface area contributed by atoms with Crippen LogP contribution in [0.4, 0.5) is 5.69 Å². The Morgan fingerprint density at radius 3 is 2.48 bits per heavy atom. The summed E-state index contributed by atoms with van der Waals surface area (Å²) >= 11 is 5.91. The van der Waals surface area contributed by atoms with Gasteiger partial charge in [0.25, 0.3) is 0 Å². The predicted molar refractivity (Wildman–Crippen MR) is 90.6 cm³/mol. The van der Waals surface area contributed by atoms with Gasteiger partial charge >= 0.3 is 0 Å². The molecule has 1 atom stereocenters. The molecule has 21 heavy (non-hydrogen) atoms. The van der Waals surface area contributed by atoms with Crippen molar-refractivity contribution in [3.8, 4) is 5.75 Å². The first-order valence-corrected chi connectivity index (χ1v) is 7.70. The molecule has 1 N–H and O–H groups in total. The van der Waals surface area contributed by atoms with E-state index in [0.717, 1.165) is 22.9 Å². The lowest BCUT2D eigenvalue weighted by Gasteiger charge is -2.18. The Labute approximate surface area is 132 Å². The van der Waals surface area contributed by atoms with Crippen LogP contribution >= 0.6 is 11.6 Å². The van der Waals surface area contributed by atoms with Crippen molar-refractivity contribution in [3.05, 3.63) is 58.6 Å². The summed E-state index contributed by atoms with van der Waals surface area (Å²) in [6.45, 7) is 6.97. The number of anilines is 1. The fourth-order valence-corrected chi connectivity index (χ4v) is 2.47. The minimum absolute atomic E-state index is 0.350. The molecular formula is C18H22ClNO. The molecule has 0 bridgehead atoms. The van der Waals surface area contributed by atoms with E-state index in [1.54, 1.807) is 0 Å². The van der Waals surface area contributed by atoms with E-state index < -0.39 is 0 Å². The molecule has 0 aromatic heterocycles. The molecule has 2 rings (SSSR count). The predicted octanol–water partition coefficient (Wildman–Crippen LogP) is 5.09. The van der Waals surface area contributed by atoms with E-state index in [0.29, 0.717) is 12.6 Å². The van der Waals surface area contributed by atoms with Crippen LogP contribution in [0.3, 0.4) is 0 Å². The van der Waals surface area contributed by atoms with Gasteiger partial charge in [-0.2, -0.15) is 0 Å². The Bertz CT molecular complexity index is 580. The second-order valence-electron chi connectivity index (χ2n) is 5.29. The van der Waals surface area contributed by atoms with Crippen molar-refractivity contribution >= 4 is 17.3 Å². The van der Waals surface area contributed by atoms with E-state index in [4.69, 9.17) is 16.3 Å². The van der Waals surface area contributed by atoms with Crippen LogP contribution in [0, 0.1) is 6.92 Å². The van der Waals surface area contributed by atoms with Crippen LogP contribution in [0.1, 0.15) is 25.0 Å². The summed E-state index contributed by atoms with van der Waals surface area (Å²) in [5.41, 5.74) is 3.63. The fourth-order valence-electron chi connectivity index (χ4n) is 2.35. The third kappa shape index (κ3) is 4.68. The number of hydrogen-bond acceptors (Lipinski definition) is 2. The van der Waals surface area contributed by atoms with Crippen molar-refractivity contribution in [1.82, 2.24) is 0 Å². The Morgan fingerprint density at radius 2 is 1.86 bits per heavy atom. The number of aryl methyl sites for hydroxylation is 1. The van der Waals surface area contributed by atoms with Crippen molar-refractivity contribution < 1.29 is 4.74 Å². The molecule has 0 fully saturated rings. The molecule has 1 unspecified atom stereocenters. The number of rotatable bonds is 6. The maximum absolute atomic E-state index is 5.91. The van der Waals surface area contributed by atoms with Gasteiger partial charge in [0.2, 0.25) is 0 Å². The Hall–Kier alpha value is -1.67. The third-order valence-electron chi connectivity index (χ3n) is 3.37. The van der Waals surface area contributed by atoms with Gasteiger partial charge in [-0.15, -0.1) is 0 Å².